The molecule has 1 aliphatic rings. The first-order chi connectivity index (χ1) is 15.5. The van der Waals surface area contributed by atoms with Gasteiger partial charge in [0.1, 0.15) is 5.75 Å². The molecule has 0 unspecified atom stereocenters. The Labute approximate surface area is 186 Å². The number of hydrogen-bond donors (Lipinski definition) is 1. The lowest BCUT2D eigenvalue weighted by atomic mass is 9.99. The number of amides is 3. The smallest absolute Gasteiger partial charge is 0.266 e. The minimum atomic E-state index is -0.352. The van der Waals surface area contributed by atoms with E-state index in [1.54, 1.807) is 48.5 Å². The number of imide groups is 1. The summed E-state index contributed by atoms with van der Waals surface area (Å²) in [6, 6.07) is 21.1. The van der Waals surface area contributed by atoms with Crippen LogP contribution in [0.5, 0.6) is 5.75 Å². The molecule has 1 heterocycles. The fourth-order valence-corrected chi connectivity index (χ4v) is 3.59. The molecule has 1 atom stereocenters. The first-order valence-corrected chi connectivity index (χ1v) is 10.6. The zero-order chi connectivity index (χ0) is 22.7. The molecule has 0 fully saturated rings. The molecule has 0 spiro atoms. The van der Waals surface area contributed by atoms with E-state index in [-0.39, 0.29) is 24.3 Å². The lowest BCUT2D eigenvalue weighted by molar-refractivity contribution is -0.118. The molecule has 1 N–H and O–H groups in total. The molecule has 3 aromatic carbocycles. The second-order valence-corrected chi connectivity index (χ2v) is 7.75. The molecule has 32 heavy (non-hydrogen) atoms. The third kappa shape index (κ3) is 4.25. The molecule has 0 aliphatic carbocycles. The van der Waals surface area contributed by atoms with Crippen LogP contribution in [0.3, 0.4) is 0 Å². The van der Waals surface area contributed by atoms with Crippen LogP contribution in [0.1, 0.15) is 52.5 Å². The third-order valence-corrected chi connectivity index (χ3v) is 5.63. The van der Waals surface area contributed by atoms with Gasteiger partial charge in [-0.1, -0.05) is 38.1 Å². The van der Waals surface area contributed by atoms with E-state index >= 15 is 0 Å². The highest BCUT2D eigenvalue weighted by molar-refractivity contribution is 6.34. The maximum Gasteiger partial charge on any atom is 0.266 e. The Morgan fingerprint density at radius 2 is 1.50 bits per heavy atom. The average Bonchev–Trinajstić information content (AvgIpc) is 3.08. The van der Waals surface area contributed by atoms with Gasteiger partial charge in [0.15, 0.2) is 6.61 Å². The van der Waals surface area contributed by atoms with Gasteiger partial charge in [0, 0.05) is 5.69 Å². The molecule has 6 heteroatoms. The molecule has 1 aliphatic heterocycles. The SMILES string of the molecule is CC[C@@H](C)c1ccc(OCC(=O)Nc2ccc(N3C(=O)c4ccccc4C3=O)cc2)cc1. The minimum absolute atomic E-state index is 0.122. The minimum Gasteiger partial charge on any atom is -0.484 e. The molecule has 4 rings (SSSR count). The second kappa shape index (κ2) is 9.06. The van der Waals surface area contributed by atoms with Gasteiger partial charge >= 0.3 is 0 Å². The van der Waals surface area contributed by atoms with Crippen LogP contribution >= 0.6 is 0 Å². The third-order valence-electron chi connectivity index (χ3n) is 5.63. The number of ether oxygens (including phenoxy) is 1. The number of anilines is 2. The molecule has 162 valence electrons. The predicted octanol–water partition coefficient (Wildman–Crippen LogP) is 5.02. The van der Waals surface area contributed by atoms with Crippen LogP contribution in [-0.4, -0.2) is 24.3 Å². The van der Waals surface area contributed by atoms with Crippen molar-refractivity contribution in [3.05, 3.63) is 89.5 Å². The number of nitrogens with one attached hydrogen (secondary N) is 1. The zero-order valence-electron chi connectivity index (χ0n) is 18.0. The summed E-state index contributed by atoms with van der Waals surface area (Å²) in [5, 5.41) is 2.76. The molecule has 0 radical (unpaired) electrons. The van der Waals surface area contributed by atoms with Crippen molar-refractivity contribution in [2.24, 2.45) is 0 Å². The molecule has 0 bridgehead atoms. The maximum atomic E-state index is 12.6. The van der Waals surface area contributed by atoms with E-state index < -0.39 is 0 Å². The summed E-state index contributed by atoms with van der Waals surface area (Å²) in [7, 11) is 0. The van der Waals surface area contributed by atoms with Gasteiger partial charge in [-0.3, -0.25) is 14.4 Å². The molecular formula is C26H24N2O4. The number of rotatable bonds is 7. The fraction of sp³-hybridized carbons (Fsp3) is 0.192. The van der Waals surface area contributed by atoms with Crippen molar-refractivity contribution in [1.82, 2.24) is 0 Å². The van der Waals surface area contributed by atoms with Gasteiger partial charge in [0.2, 0.25) is 0 Å². The van der Waals surface area contributed by atoms with E-state index in [1.807, 2.05) is 24.3 Å². The lowest BCUT2D eigenvalue weighted by Gasteiger charge is -2.15. The van der Waals surface area contributed by atoms with E-state index in [9.17, 15) is 14.4 Å². The monoisotopic (exact) mass is 428 g/mol. The lowest BCUT2D eigenvalue weighted by Crippen LogP contribution is -2.29. The van der Waals surface area contributed by atoms with E-state index in [4.69, 9.17) is 4.74 Å². The highest BCUT2D eigenvalue weighted by Gasteiger charge is 2.36. The van der Waals surface area contributed by atoms with Crippen LogP contribution in [0.25, 0.3) is 0 Å². The first-order valence-electron chi connectivity index (χ1n) is 10.6. The fourth-order valence-electron chi connectivity index (χ4n) is 3.59. The standard InChI is InChI=1S/C26H24N2O4/c1-3-17(2)18-8-14-21(15-9-18)32-16-24(29)27-19-10-12-20(13-11-19)28-25(30)22-6-4-5-7-23(22)26(28)31/h4-15,17H,3,16H2,1-2H3,(H,27,29)/t17-/m1/s1. The summed E-state index contributed by atoms with van der Waals surface area (Å²) in [6.07, 6.45) is 1.06. The largest absolute Gasteiger partial charge is 0.484 e. The Hall–Kier alpha value is -3.93. The molecule has 3 aromatic rings. The van der Waals surface area contributed by atoms with Crippen molar-refractivity contribution >= 4 is 29.1 Å². The molecule has 3 amide bonds. The Morgan fingerprint density at radius 3 is 2.06 bits per heavy atom. The van der Waals surface area contributed by atoms with Gasteiger partial charge in [-0.05, 0) is 66.4 Å². The molecule has 0 saturated heterocycles. The van der Waals surface area contributed by atoms with Crippen molar-refractivity contribution in [1.29, 1.82) is 0 Å². The number of carbonyl (C=O) groups is 3. The zero-order valence-corrected chi connectivity index (χ0v) is 18.0. The van der Waals surface area contributed by atoms with Crippen LogP contribution in [0, 0.1) is 0 Å². The van der Waals surface area contributed by atoms with Crippen molar-refractivity contribution in [3.8, 4) is 5.75 Å². The topological polar surface area (TPSA) is 75.7 Å². The summed E-state index contributed by atoms with van der Waals surface area (Å²) >= 11 is 0. The molecule has 0 saturated carbocycles. The van der Waals surface area contributed by atoms with E-state index in [0.717, 1.165) is 11.3 Å². The van der Waals surface area contributed by atoms with Crippen molar-refractivity contribution < 1.29 is 19.1 Å². The number of carbonyl (C=O) groups excluding carboxylic acids is 3. The van der Waals surface area contributed by atoms with Crippen LogP contribution in [0.15, 0.2) is 72.8 Å². The average molecular weight is 428 g/mol. The van der Waals surface area contributed by atoms with Gasteiger partial charge < -0.3 is 10.1 Å². The van der Waals surface area contributed by atoms with Crippen LogP contribution in [0.2, 0.25) is 0 Å². The number of nitrogens with zero attached hydrogens (tertiary/aromatic N) is 1. The predicted molar refractivity (Wildman–Crippen MR) is 123 cm³/mol. The normalized spacial score (nSPS) is 13.6. The highest BCUT2D eigenvalue weighted by Crippen LogP contribution is 2.29. The van der Waals surface area contributed by atoms with Crippen LogP contribution in [0.4, 0.5) is 11.4 Å². The number of hydrogen-bond acceptors (Lipinski definition) is 4. The molecule has 0 aromatic heterocycles. The summed E-state index contributed by atoms with van der Waals surface area (Å²) in [5.41, 5.74) is 3.02. The summed E-state index contributed by atoms with van der Waals surface area (Å²) in [4.78, 5) is 38.6. The van der Waals surface area contributed by atoms with Gasteiger partial charge in [-0.2, -0.15) is 0 Å². The van der Waals surface area contributed by atoms with Gasteiger partial charge in [0.05, 0.1) is 16.8 Å². The number of benzene rings is 3. The van der Waals surface area contributed by atoms with Gasteiger partial charge in [0.25, 0.3) is 17.7 Å². The Kier molecular flexibility index (Phi) is 6.03. The number of fused-ring (bicyclic) bond motifs is 1. The quantitative estimate of drug-likeness (QED) is 0.536. The maximum absolute atomic E-state index is 12.6. The van der Waals surface area contributed by atoms with Crippen molar-refractivity contribution in [2.45, 2.75) is 26.2 Å². The van der Waals surface area contributed by atoms with Gasteiger partial charge in [-0.25, -0.2) is 4.90 Å². The summed E-state index contributed by atoms with van der Waals surface area (Å²) < 4.78 is 5.57. The van der Waals surface area contributed by atoms with E-state index in [0.29, 0.717) is 34.2 Å². The highest BCUT2D eigenvalue weighted by atomic mass is 16.5. The van der Waals surface area contributed by atoms with Crippen LogP contribution in [-0.2, 0) is 4.79 Å². The van der Waals surface area contributed by atoms with Crippen molar-refractivity contribution in [2.75, 3.05) is 16.8 Å². The van der Waals surface area contributed by atoms with E-state index in [1.165, 1.54) is 5.56 Å². The summed E-state index contributed by atoms with van der Waals surface area (Å²) in [5.74, 6) is 0.110. The molecule has 6 nitrogen and oxygen atoms in total. The van der Waals surface area contributed by atoms with E-state index in [2.05, 4.69) is 19.2 Å². The Balaban J connectivity index is 1.34. The molecular weight excluding hydrogens is 404 g/mol. The first kappa shape index (κ1) is 21.3. The Morgan fingerprint density at radius 1 is 0.906 bits per heavy atom. The Bertz CT molecular complexity index is 1120. The van der Waals surface area contributed by atoms with Crippen molar-refractivity contribution in [3.63, 3.8) is 0 Å². The van der Waals surface area contributed by atoms with Crippen LogP contribution < -0.4 is 15.0 Å². The summed E-state index contributed by atoms with van der Waals surface area (Å²) in [6.45, 7) is 4.19. The second-order valence-electron chi connectivity index (χ2n) is 7.75. The van der Waals surface area contributed by atoms with Gasteiger partial charge in [-0.15, -0.1) is 0 Å².